The third kappa shape index (κ3) is 3.91. The smallest absolute Gasteiger partial charge is 0.238 e. The number of carbonyl (C=O) groups is 1. The second-order valence-corrected chi connectivity index (χ2v) is 5.81. The number of rotatable bonds is 5. The summed E-state index contributed by atoms with van der Waals surface area (Å²) in [4.78, 5) is 19.8. The molecule has 4 nitrogen and oxygen atoms in total. The molecule has 0 atom stereocenters. The number of hydrogen-bond donors (Lipinski definition) is 0. The molecule has 1 aromatic heterocycles. The molecule has 1 heterocycles. The van der Waals surface area contributed by atoms with Gasteiger partial charge in [0.1, 0.15) is 23.2 Å². The summed E-state index contributed by atoms with van der Waals surface area (Å²) >= 11 is 5.88. The van der Waals surface area contributed by atoms with E-state index < -0.39 is 11.6 Å². The first kappa shape index (κ1) is 17.2. The molecule has 128 valence electrons. The van der Waals surface area contributed by atoms with E-state index in [1.54, 1.807) is 25.1 Å². The molecule has 0 radical (unpaired) electrons. The first-order chi connectivity index (χ1) is 12.0. The van der Waals surface area contributed by atoms with E-state index in [-0.39, 0.29) is 35.8 Å². The summed E-state index contributed by atoms with van der Waals surface area (Å²) in [6.07, 6.45) is 1.27. The fourth-order valence-corrected chi connectivity index (χ4v) is 2.43. The van der Waals surface area contributed by atoms with Crippen molar-refractivity contribution < 1.29 is 18.3 Å². The van der Waals surface area contributed by atoms with Crippen LogP contribution in [0.15, 0.2) is 36.5 Å². The second-order valence-electron chi connectivity index (χ2n) is 5.38. The van der Waals surface area contributed by atoms with Crippen molar-refractivity contribution in [3.05, 3.63) is 58.7 Å². The van der Waals surface area contributed by atoms with Crippen molar-refractivity contribution in [2.24, 2.45) is 0 Å². The summed E-state index contributed by atoms with van der Waals surface area (Å²) < 4.78 is 33.6. The average molecular weight is 363 g/mol. The normalized spacial score (nSPS) is 10.9. The zero-order chi connectivity index (χ0) is 18.0. The molecular formula is C18H13ClF2N2O2. The molecule has 0 spiro atoms. The van der Waals surface area contributed by atoms with Crippen LogP contribution in [0.1, 0.15) is 18.9 Å². The fourth-order valence-electron chi connectivity index (χ4n) is 2.27. The quantitative estimate of drug-likeness (QED) is 0.649. The summed E-state index contributed by atoms with van der Waals surface area (Å²) in [7, 11) is 0. The van der Waals surface area contributed by atoms with Gasteiger partial charge in [0, 0.05) is 35.6 Å². The molecule has 0 bridgehead atoms. The van der Waals surface area contributed by atoms with Crippen LogP contribution in [0.25, 0.3) is 11.0 Å². The molecular weight excluding hydrogens is 350 g/mol. The van der Waals surface area contributed by atoms with Crippen LogP contribution >= 0.6 is 11.6 Å². The average Bonchev–Trinajstić information content (AvgIpc) is 2.58. The van der Waals surface area contributed by atoms with E-state index >= 15 is 0 Å². The Hall–Kier alpha value is -2.60. The van der Waals surface area contributed by atoms with Crippen molar-refractivity contribution in [3.63, 3.8) is 0 Å². The maximum atomic E-state index is 14.1. The summed E-state index contributed by atoms with van der Waals surface area (Å²) in [6.45, 7) is 1.64. The van der Waals surface area contributed by atoms with Gasteiger partial charge in [0.2, 0.25) is 5.88 Å². The monoisotopic (exact) mass is 362 g/mol. The third-order valence-corrected chi connectivity index (χ3v) is 3.82. The highest BCUT2D eigenvalue weighted by Gasteiger charge is 2.15. The third-order valence-electron chi connectivity index (χ3n) is 3.59. The van der Waals surface area contributed by atoms with E-state index in [0.29, 0.717) is 16.1 Å². The number of benzene rings is 2. The Kier molecular flexibility index (Phi) is 4.90. The van der Waals surface area contributed by atoms with E-state index in [1.165, 1.54) is 6.20 Å². The Morgan fingerprint density at radius 3 is 2.56 bits per heavy atom. The van der Waals surface area contributed by atoms with Crippen molar-refractivity contribution in [1.29, 1.82) is 0 Å². The Balaban J connectivity index is 1.88. The van der Waals surface area contributed by atoms with E-state index in [4.69, 9.17) is 16.3 Å². The number of hydrogen-bond acceptors (Lipinski definition) is 4. The Morgan fingerprint density at radius 1 is 1.16 bits per heavy atom. The molecule has 0 unspecified atom stereocenters. The number of ketones is 1. The molecule has 7 heteroatoms. The maximum absolute atomic E-state index is 14.1. The SMILES string of the molecule is CCC(=O)Cc1c(F)cc(Oc2cnc3cc(Cl)ccc3n2)cc1F. The summed E-state index contributed by atoms with van der Waals surface area (Å²) in [5.74, 6) is -1.89. The van der Waals surface area contributed by atoms with Crippen molar-refractivity contribution in [3.8, 4) is 11.6 Å². The summed E-state index contributed by atoms with van der Waals surface area (Å²) in [6, 6.07) is 7.01. The molecule has 0 saturated carbocycles. The van der Waals surface area contributed by atoms with Gasteiger partial charge in [-0.2, -0.15) is 0 Å². The fraction of sp³-hybridized carbons (Fsp3) is 0.167. The van der Waals surface area contributed by atoms with Gasteiger partial charge in [-0.25, -0.2) is 18.7 Å². The lowest BCUT2D eigenvalue weighted by molar-refractivity contribution is -0.118. The van der Waals surface area contributed by atoms with Crippen molar-refractivity contribution in [1.82, 2.24) is 9.97 Å². The number of nitrogens with zero attached hydrogens (tertiary/aromatic N) is 2. The van der Waals surface area contributed by atoms with Crippen LogP contribution in [0.4, 0.5) is 8.78 Å². The molecule has 3 aromatic rings. The first-order valence-corrected chi connectivity index (χ1v) is 7.94. The molecule has 2 aromatic carbocycles. The van der Waals surface area contributed by atoms with Gasteiger partial charge in [0.15, 0.2) is 0 Å². The van der Waals surface area contributed by atoms with Gasteiger partial charge >= 0.3 is 0 Å². The van der Waals surface area contributed by atoms with E-state index in [0.717, 1.165) is 12.1 Å². The van der Waals surface area contributed by atoms with Crippen LogP contribution in [-0.2, 0) is 11.2 Å². The molecule has 0 fully saturated rings. The first-order valence-electron chi connectivity index (χ1n) is 7.56. The highest BCUT2D eigenvalue weighted by molar-refractivity contribution is 6.31. The van der Waals surface area contributed by atoms with Gasteiger partial charge in [-0.3, -0.25) is 4.79 Å². The number of Topliss-reactive ketones (excluding diaryl/α,β-unsaturated/α-hetero) is 1. The van der Waals surface area contributed by atoms with E-state index in [2.05, 4.69) is 9.97 Å². The number of aromatic nitrogens is 2. The predicted octanol–water partition coefficient (Wildman–Crippen LogP) is 4.88. The van der Waals surface area contributed by atoms with Crippen LogP contribution in [0.5, 0.6) is 11.6 Å². The molecule has 0 N–H and O–H groups in total. The molecule has 0 aliphatic heterocycles. The molecule has 3 rings (SSSR count). The Labute approximate surface area is 147 Å². The van der Waals surface area contributed by atoms with E-state index in [1.807, 2.05) is 0 Å². The Morgan fingerprint density at radius 2 is 1.88 bits per heavy atom. The topological polar surface area (TPSA) is 52.1 Å². The van der Waals surface area contributed by atoms with Gasteiger partial charge < -0.3 is 4.74 Å². The zero-order valence-electron chi connectivity index (χ0n) is 13.2. The minimum Gasteiger partial charge on any atom is -0.437 e. The maximum Gasteiger partial charge on any atom is 0.238 e. The molecule has 0 amide bonds. The minimum atomic E-state index is -0.836. The van der Waals surface area contributed by atoms with E-state index in [9.17, 15) is 13.6 Å². The molecule has 0 aliphatic carbocycles. The van der Waals surface area contributed by atoms with Gasteiger partial charge in [-0.15, -0.1) is 0 Å². The lowest BCUT2D eigenvalue weighted by Crippen LogP contribution is -2.06. The second kappa shape index (κ2) is 7.11. The van der Waals surface area contributed by atoms with Crippen LogP contribution in [-0.4, -0.2) is 15.8 Å². The minimum absolute atomic E-state index is 0.0645. The van der Waals surface area contributed by atoms with Crippen molar-refractivity contribution in [2.45, 2.75) is 19.8 Å². The standard InChI is InChI=1S/C18H13ClF2N2O2/c1-2-11(24)6-13-14(20)7-12(8-15(13)21)25-18-9-22-17-5-10(19)3-4-16(17)23-18/h3-5,7-9H,2,6H2,1H3. The number of fused-ring (bicyclic) bond motifs is 1. The number of ether oxygens (including phenoxy) is 1. The van der Waals surface area contributed by atoms with Crippen LogP contribution in [0, 0.1) is 11.6 Å². The van der Waals surface area contributed by atoms with Gasteiger partial charge in [0.25, 0.3) is 0 Å². The van der Waals surface area contributed by atoms with Gasteiger partial charge in [0.05, 0.1) is 17.2 Å². The predicted molar refractivity (Wildman–Crippen MR) is 90.0 cm³/mol. The lowest BCUT2D eigenvalue weighted by atomic mass is 10.1. The zero-order valence-corrected chi connectivity index (χ0v) is 14.0. The highest BCUT2D eigenvalue weighted by Crippen LogP contribution is 2.26. The molecule has 0 aliphatic rings. The van der Waals surface area contributed by atoms with Gasteiger partial charge in [-0.1, -0.05) is 18.5 Å². The van der Waals surface area contributed by atoms with Crippen molar-refractivity contribution >= 4 is 28.4 Å². The lowest BCUT2D eigenvalue weighted by Gasteiger charge is -2.09. The number of carbonyl (C=O) groups excluding carboxylic acids is 1. The van der Waals surface area contributed by atoms with Gasteiger partial charge in [-0.05, 0) is 18.2 Å². The molecule has 25 heavy (non-hydrogen) atoms. The molecule has 0 saturated heterocycles. The van der Waals surface area contributed by atoms with Crippen LogP contribution < -0.4 is 4.74 Å². The largest absolute Gasteiger partial charge is 0.437 e. The highest BCUT2D eigenvalue weighted by atomic mass is 35.5. The summed E-state index contributed by atoms with van der Waals surface area (Å²) in [5, 5.41) is 0.525. The van der Waals surface area contributed by atoms with Crippen LogP contribution in [0.3, 0.4) is 0 Å². The van der Waals surface area contributed by atoms with Crippen molar-refractivity contribution in [2.75, 3.05) is 0 Å². The van der Waals surface area contributed by atoms with Crippen LogP contribution in [0.2, 0.25) is 5.02 Å². The number of halogens is 3. The summed E-state index contributed by atoms with van der Waals surface area (Å²) in [5.41, 5.74) is 0.845. The Bertz CT molecular complexity index is 940.